The number of nitrogens with zero attached hydrogens (tertiary/aromatic N) is 3. The third-order valence-electron chi connectivity index (χ3n) is 5.04. The summed E-state index contributed by atoms with van der Waals surface area (Å²) in [4.78, 5) is 23.7. The van der Waals surface area contributed by atoms with Gasteiger partial charge in [0.1, 0.15) is 12.1 Å². The lowest BCUT2D eigenvalue weighted by Gasteiger charge is -2.36. The Kier molecular flexibility index (Phi) is 4.96. The number of fused-ring (bicyclic) bond motifs is 1. The van der Waals surface area contributed by atoms with Crippen molar-refractivity contribution in [3.8, 4) is 0 Å². The molecule has 2 unspecified atom stereocenters. The molecule has 144 valence electrons. The third kappa shape index (κ3) is 3.82. The Morgan fingerprint density at radius 3 is 2.50 bits per heavy atom. The standard InChI is InChI=1S/C22H25N5O/c1-14-4-7-18(8-5-14)26-21-19-9-6-17(10-20(19)23-13-24-21)22(28)27-11-15(2)25-16(3)12-27/h4-10,13,15-16,25H,11-12H2,1-3H3,(H,23,24,26). The first-order valence-corrected chi connectivity index (χ1v) is 9.63. The SMILES string of the molecule is Cc1ccc(Nc2ncnc3cc(C(=O)N4CC(C)NC(C)C4)ccc23)cc1. The van der Waals surface area contributed by atoms with Crippen molar-refractivity contribution in [1.29, 1.82) is 0 Å². The molecule has 1 aromatic heterocycles. The van der Waals surface area contributed by atoms with Crippen molar-refractivity contribution in [2.75, 3.05) is 18.4 Å². The monoisotopic (exact) mass is 375 g/mol. The maximum Gasteiger partial charge on any atom is 0.254 e. The van der Waals surface area contributed by atoms with E-state index in [1.807, 2.05) is 35.2 Å². The molecule has 6 heteroatoms. The Morgan fingerprint density at radius 2 is 1.79 bits per heavy atom. The van der Waals surface area contributed by atoms with E-state index in [1.54, 1.807) is 0 Å². The van der Waals surface area contributed by atoms with Crippen LogP contribution in [0.2, 0.25) is 0 Å². The van der Waals surface area contributed by atoms with E-state index in [2.05, 4.69) is 53.5 Å². The summed E-state index contributed by atoms with van der Waals surface area (Å²) in [7, 11) is 0. The zero-order valence-electron chi connectivity index (χ0n) is 16.4. The predicted octanol–water partition coefficient (Wildman–Crippen LogP) is 3.50. The average Bonchev–Trinajstić information content (AvgIpc) is 2.68. The molecule has 2 heterocycles. The van der Waals surface area contributed by atoms with E-state index < -0.39 is 0 Å². The summed E-state index contributed by atoms with van der Waals surface area (Å²) in [5.41, 5.74) is 3.59. The quantitative estimate of drug-likeness (QED) is 0.733. The average molecular weight is 375 g/mol. The van der Waals surface area contributed by atoms with Gasteiger partial charge in [-0.25, -0.2) is 9.97 Å². The Labute approximate surface area is 165 Å². The summed E-state index contributed by atoms with van der Waals surface area (Å²) in [6, 6.07) is 14.4. The fraction of sp³-hybridized carbons (Fsp3) is 0.318. The number of aryl methyl sites for hydroxylation is 1. The fourth-order valence-corrected chi connectivity index (χ4v) is 3.74. The minimum atomic E-state index is 0.0498. The van der Waals surface area contributed by atoms with E-state index >= 15 is 0 Å². The van der Waals surface area contributed by atoms with Crippen LogP contribution in [0.1, 0.15) is 29.8 Å². The molecule has 2 aromatic carbocycles. The highest BCUT2D eigenvalue weighted by atomic mass is 16.2. The van der Waals surface area contributed by atoms with E-state index in [9.17, 15) is 4.79 Å². The summed E-state index contributed by atoms with van der Waals surface area (Å²) in [5.74, 6) is 0.783. The molecule has 1 aliphatic rings. The molecule has 2 N–H and O–H groups in total. The van der Waals surface area contributed by atoms with Crippen molar-refractivity contribution in [2.24, 2.45) is 0 Å². The van der Waals surface area contributed by atoms with E-state index in [1.165, 1.54) is 11.9 Å². The van der Waals surface area contributed by atoms with Gasteiger partial charge in [-0.1, -0.05) is 17.7 Å². The number of carbonyl (C=O) groups excluding carboxylic acids is 1. The summed E-state index contributed by atoms with van der Waals surface area (Å²) < 4.78 is 0. The lowest BCUT2D eigenvalue weighted by Crippen LogP contribution is -2.55. The molecule has 3 aromatic rings. The Bertz CT molecular complexity index is 991. The van der Waals surface area contributed by atoms with Gasteiger partial charge in [-0.15, -0.1) is 0 Å². The molecule has 1 fully saturated rings. The zero-order valence-corrected chi connectivity index (χ0v) is 16.4. The second-order valence-electron chi connectivity index (χ2n) is 7.62. The molecule has 2 atom stereocenters. The van der Waals surface area contributed by atoms with Crippen molar-refractivity contribution >= 4 is 28.3 Å². The summed E-state index contributed by atoms with van der Waals surface area (Å²) in [6.07, 6.45) is 1.53. The first-order chi connectivity index (χ1) is 13.5. The van der Waals surface area contributed by atoms with Gasteiger partial charge in [0.15, 0.2) is 0 Å². The molecule has 0 saturated carbocycles. The molecule has 1 aliphatic heterocycles. The van der Waals surface area contributed by atoms with E-state index in [0.717, 1.165) is 22.4 Å². The second-order valence-corrected chi connectivity index (χ2v) is 7.62. The summed E-state index contributed by atoms with van der Waals surface area (Å²) >= 11 is 0. The lowest BCUT2D eigenvalue weighted by atomic mass is 10.1. The Balaban J connectivity index is 1.61. The Morgan fingerprint density at radius 1 is 1.07 bits per heavy atom. The predicted molar refractivity (Wildman–Crippen MR) is 112 cm³/mol. The van der Waals surface area contributed by atoms with E-state index in [4.69, 9.17) is 0 Å². The van der Waals surface area contributed by atoms with Crippen LogP contribution >= 0.6 is 0 Å². The van der Waals surface area contributed by atoms with Crippen molar-refractivity contribution in [3.05, 3.63) is 59.9 Å². The van der Waals surface area contributed by atoms with Gasteiger partial charge in [-0.2, -0.15) is 0 Å². The molecule has 1 amide bonds. The summed E-state index contributed by atoms with van der Waals surface area (Å²) in [5, 5.41) is 7.69. The summed E-state index contributed by atoms with van der Waals surface area (Å²) in [6.45, 7) is 7.69. The molecule has 0 spiro atoms. The van der Waals surface area contributed by atoms with Gasteiger partial charge in [0, 0.05) is 41.8 Å². The first-order valence-electron chi connectivity index (χ1n) is 9.63. The number of carbonyl (C=O) groups is 1. The smallest absolute Gasteiger partial charge is 0.254 e. The molecule has 6 nitrogen and oxygen atoms in total. The number of piperazine rings is 1. The first kappa shape index (κ1) is 18.4. The number of aromatic nitrogens is 2. The topological polar surface area (TPSA) is 70.2 Å². The molecular formula is C22H25N5O. The number of anilines is 2. The van der Waals surface area contributed by atoms with Crippen LogP contribution in [0.25, 0.3) is 10.9 Å². The third-order valence-corrected chi connectivity index (χ3v) is 5.04. The maximum absolute atomic E-state index is 13.0. The number of rotatable bonds is 3. The maximum atomic E-state index is 13.0. The largest absolute Gasteiger partial charge is 0.340 e. The highest BCUT2D eigenvalue weighted by molar-refractivity contribution is 6.00. The molecule has 0 bridgehead atoms. The Hall–Kier alpha value is -2.99. The highest BCUT2D eigenvalue weighted by Gasteiger charge is 2.25. The van der Waals surface area contributed by atoms with Gasteiger partial charge in [-0.3, -0.25) is 4.79 Å². The molecule has 0 radical (unpaired) electrons. The van der Waals surface area contributed by atoms with Crippen LogP contribution in [-0.2, 0) is 0 Å². The van der Waals surface area contributed by atoms with Crippen molar-refractivity contribution in [1.82, 2.24) is 20.2 Å². The van der Waals surface area contributed by atoms with E-state index in [0.29, 0.717) is 30.7 Å². The van der Waals surface area contributed by atoms with Crippen molar-refractivity contribution in [2.45, 2.75) is 32.9 Å². The van der Waals surface area contributed by atoms with Crippen molar-refractivity contribution in [3.63, 3.8) is 0 Å². The molecule has 0 aliphatic carbocycles. The zero-order chi connectivity index (χ0) is 19.7. The minimum Gasteiger partial charge on any atom is -0.340 e. The van der Waals surface area contributed by atoms with Crippen LogP contribution in [0.15, 0.2) is 48.8 Å². The second kappa shape index (κ2) is 7.56. The van der Waals surface area contributed by atoms with Crippen LogP contribution in [-0.4, -0.2) is 45.9 Å². The number of nitrogens with one attached hydrogen (secondary N) is 2. The van der Waals surface area contributed by atoms with Crippen molar-refractivity contribution < 1.29 is 4.79 Å². The van der Waals surface area contributed by atoms with Gasteiger partial charge < -0.3 is 15.5 Å². The normalized spacial score (nSPS) is 19.6. The molecule has 4 rings (SSSR count). The highest BCUT2D eigenvalue weighted by Crippen LogP contribution is 2.24. The van der Waals surface area contributed by atoms with Crippen LogP contribution in [0.4, 0.5) is 11.5 Å². The van der Waals surface area contributed by atoms with Crippen LogP contribution in [0.5, 0.6) is 0 Å². The van der Waals surface area contributed by atoms with Gasteiger partial charge in [0.25, 0.3) is 5.91 Å². The fourth-order valence-electron chi connectivity index (χ4n) is 3.74. The molecule has 28 heavy (non-hydrogen) atoms. The number of benzene rings is 2. The van der Waals surface area contributed by atoms with Gasteiger partial charge in [0.05, 0.1) is 5.52 Å². The van der Waals surface area contributed by atoms with Crippen LogP contribution < -0.4 is 10.6 Å². The van der Waals surface area contributed by atoms with Gasteiger partial charge in [0.2, 0.25) is 0 Å². The lowest BCUT2D eigenvalue weighted by molar-refractivity contribution is 0.0674. The van der Waals surface area contributed by atoms with E-state index in [-0.39, 0.29) is 5.91 Å². The number of hydrogen-bond donors (Lipinski definition) is 2. The minimum absolute atomic E-state index is 0.0498. The van der Waals surface area contributed by atoms with Gasteiger partial charge in [-0.05, 0) is 51.1 Å². The number of amides is 1. The van der Waals surface area contributed by atoms with Crippen LogP contribution in [0, 0.1) is 6.92 Å². The number of hydrogen-bond acceptors (Lipinski definition) is 5. The van der Waals surface area contributed by atoms with Gasteiger partial charge >= 0.3 is 0 Å². The molecule has 1 saturated heterocycles. The van der Waals surface area contributed by atoms with Crippen LogP contribution in [0.3, 0.4) is 0 Å². The molecular weight excluding hydrogens is 350 g/mol.